The van der Waals surface area contributed by atoms with Gasteiger partial charge in [0.2, 0.25) is 5.91 Å². The molecule has 160 valence electrons. The minimum atomic E-state index is 0.133. The molecule has 4 rings (SSSR count). The number of carbonyl (C=O) groups is 1. The number of nitrogens with zero attached hydrogens (tertiary/aromatic N) is 5. The Morgan fingerprint density at radius 2 is 1.38 bits per heavy atom. The molecular formula is C22H36N6O. The van der Waals surface area contributed by atoms with Crippen LogP contribution in [0.15, 0.2) is 12.1 Å². The number of hydrogen-bond acceptors (Lipinski definition) is 6. The first kappa shape index (κ1) is 20.4. The van der Waals surface area contributed by atoms with Crippen molar-refractivity contribution in [2.45, 2.75) is 51.4 Å². The topological polar surface area (TPSA) is 64.6 Å². The number of amides is 1. The molecule has 29 heavy (non-hydrogen) atoms. The maximum atomic E-state index is 12.5. The summed E-state index contributed by atoms with van der Waals surface area (Å²) in [5.41, 5.74) is 0. The maximum Gasteiger partial charge on any atom is 0.223 e. The van der Waals surface area contributed by atoms with Crippen molar-refractivity contribution in [3.05, 3.63) is 12.1 Å². The van der Waals surface area contributed by atoms with Gasteiger partial charge >= 0.3 is 0 Å². The molecule has 0 aromatic carbocycles. The molecule has 3 aliphatic heterocycles. The van der Waals surface area contributed by atoms with Gasteiger partial charge in [-0.1, -0.05) is 6.42 Å². The molecule has 3 aliphatic rings. The predicted octanol–water partition coefficient (Wildman–Crippen LogP) is 2.29. The molecule has 0 spiro atoms. The van der Waals surface area contributed by atoms with Crippen molar-refractivity contribution in [1.82, 2.24) is 20.4 Å². The normalized spacial score (nSPS) is 21.9. The summed E-state index contributed by atoms with van der Waals surface area (Å²) in [6, 6.07) is 4.20. The van der Waals surface area contributed by atoms with Crippen LogP contribution in [0.4, 0.5) is 11.6 Å². The van der Waals surface area contributed by atoms with E-state index in [4.69, 9.17) is 0 Å². The number of rotatable bonds is 6. The SMILES string of the molecule is O=C(NCCN1CCCCC1)C1CCN(c2ccc(N3CCCCC3)nn2)CC1. The van der Waals surface area contributed by atoms with Crippen LogP contribution in [-0.2, 0) is 4.79 Å². The van der Waals surface area contributed by atoms with E-state index in [-0.39, 0.29) is 11.8 Å². The molecule has 0 unspecified atom stereocenters. The lowest BCUT2D eigenvalue weighted by Gasteiger charge is -2.32. The van der Waals surface area contributed by atoms with Gasteiger partial charge in [0.05, 0.1) is 0 Å². The molecule has 7 heteroatoms. The summed E-state index contributed by atoms with van der Waals surface area (Å²) >= 11 is 0. The van der Waals surface area contributed by atoms with Crippen LogP contribution in [0.2, 0.25) is 0 Å². The molecule has 0 aliphatic carbocycles. The summed E-state index contributed by atoms with van der Waals surface area (Å²) in [7, 11) is 0. The molecule has 3 fully saturated rings. The van der Waals surface area contributed by atoms with Gasteiger partial charge in [-0.15, -0.1) is 10.2 Å². The highest BCUT2D eigenvalue weighted by molar-refractivity contribution is 5.79. The lowest BCUT2D eigenvalue weighted by atomic mass is 9.96. The van der Waals surface area contributed by atoms with E-state index < -0.39 is 0 Å². The highest BCUT2D eigenvalue weighted by atomic mass is 16.1. The van der Waals surface area contributed by atoms with E-state index in [0.29, 0.717) is 0 Å². The summed E-state index contributed by atoms with van der Waals surface area (Å²) in [6.07, 6.45) is 9.56. The van der Waals surface area contributed by atoms with Gasteiger partial charge in [0.15, 0.2) is 11.6 Å². The number of piperidine rings is 3. The highest BCUT2D eigenvalue weighted by Gasteiger charge is 2.26. The minimum Gasteiger partial charge on any atom is -0.355 e. The van der Waals surface area contributed by atoms with E-state index in [1.165, 1.54) is 51.6 Å². The zero-order valence-corrected chi connectivity index (χ0v) is 17.7. The minimum absolute atomic E-state index is 0.133. The first-order chi connectivity index (χ1) is 14.3. The number of carbonyl (C=O) groups excluding carboxylic acids is 1. The van der Waals surface area contributed by atoms with Crippen LogP contribution in [0.1, 0.15) is 51.4 Å². The van der Waals surface area contributed by atoms with Crippen LogP contribution in [-0.4, -0.2) is 73.4 Å². The van der Waals surface area contributed by atoms with Crippen LogP contribution < -0.4 is 15.1 Å². The Morgan fingerprint density at radius 1 is 0.828 bits per heavy atom. The molecule has 0 saturated carbocycles. The van der Waals surface area contributed by atoms with Gasteiger partial charge in [0.25, 0.3) is 0 Å². The molecule has 1 amide bonds. The second-order valence-corrected chi connectivity index (χ2v) is 8.75. The zero-order chi connectivity index (χ0) is 19.9. The number of anilines is 2. The Hall–Kier alpha value is -1.89. The number of likely N-dealkylation sites (tertiary alicyclic amines) is 1. The molecule has 1 N–H and O–H groups in total. The van der Waals surface area contributed by atoms with E-state index in [1.807, 2.05) is 0 Å². The standard InChI is InChI=1S/C22H36N6O/c29-22(23-11-18-26-12-3-1-4-13-26)19-9-16-28(17-10-19)21-8-7-20(24-25-21)27-14-5-2-6-15-27/h7-8,19H,1-6,9-18H2,(H,23,29). The quantitative estimate of drug-likeness (QED) is 0.790. The van der Waals surface area contributed by atoms with Gasteiger partial charge < -0.3 is 20.0 Å². The monoisotopic (exact) mass is 400 g/mol. The third-order valence-electron chi connectivity index (χ3n) is 6.68. The lowest BCUT2D eigenvalue weighted by molar-refractivity contribution is -0.125. The molecule has 1 aromatic rings. The van der Waals surface area contributed by atoms with E-state index in [1.54, 1.807) is 0 Å². The zero-order valence-electron chi connectivity index (χ0n) is 17.7. The molecular weight excluding hydrogens is 364 g/mol. The number of aromatic nitrogens is 2. The van der Waals surface area contributed by atoms with Gasteiger partial charge in [0.1, 0.15) is 0 Å². The fourth-order valence-electron chi connectivity index (χ4n) is 4.81. The van der Waals surface area contributed by atoms with Crippen molar-refractivity contribution in [1.29, 1.82) is 0 Å². The average Bonchev–Trinajstić information content (AvgIpc) is 2.80. The Labute approximate surface area is 174 Å². The van der Waals surface area contributed by atoms with Crippen LogP contribution >= 0.6 is 0 Å². The molecule has 0 atom stereocenters. The van der Waals surface area contributed by atoms with Crippen LogP contribution in [0, 0.1) is 5.92 Å². The van der Waals surface area contributed by atoms with E-state index >= 15 is 0 Å². The van der Waals surface area contributed by atoms with Gasteiger partial charge in [-0.3, -0.25) is 4.79 Å². The molecule has 3 saturated heterocycles. The van der Waals surface area contributed by atoms with Crippen molar-refractivity contribution >= 4 is 17.5 Å². The number of hydrogen-bond donors (Lipinski definition) is 1. The summed E-state index contributed by atoms with van der Waals surface area (Å²) in [6.45, 7) is 8.08. The van der Waals surface area contributed by atoms with Crippen LogP contribution in [0.3, 0.4) is 0 Å². The smallest absolute Gasteiger partial charge is 0.223 e. The Morgan fingerprint density at radius 3 is 1.97 bits per heavy atom. The summed E-state index contributed by atoms with van der Waals surface area (Å²) in [4.78, 5) is 19.6. The Bertz CT molecular complexity index is 631. The molecule has 0 radical (unpaired) electrons. The van der Waals surface area contributed by atoms with E-state index in [2.05, 4.69) is 42.3 Å². The number of nitrogens with one attached hydrogen (secondary N) is 1. The van der Waals surface area contributed by atoms with E-state index in [0.717, 1.165) is 63.7 Å². The van der Waals surface area contributed by atoms with Crippen molar-refractivity contribution in [2.75, 3.05) is 62.2 Å². The van der Waals surface area contributed by atoms with Gasteiger partial charge in [-0.2, -0.15) is 0 Å². The highest BCUT2D eigenvalue weighted by Crippen LogP contribution is 2.23. The fraction of sp³-hybridized carbons (Fsp3) is 0.773. The first-order valence-corrected chi connectivity index (χ1v) is 11.6. The average molecular weight is 401 g/mol. The van der Waals surface area contributed by atoms with Gasteiger partial charge in [0, 0.05) is 45.2 Å². The van der Waals surface area contributed by atoms with Crippen LogP contribution in [0.5, 0.6) is 0 Å². The van der Waals surface area contributed by atoms with Crippen LogP contribution in [0.25, 0.3) is 0 Å². The summed E-state index contributed by atoms with van der Waals surface area (Å²) in [5.74, 6) is 2.30. The predicted molar refractivity (Wildman–Crippen MR) is 116 cm³/mol. The second-order valence-electron chi connectivity index (χ2n) is 8.75. The third-order valence-corrected chi connectivity index (χ3v) is 6.68. The first-order valence-electron chi connectivity index (χ1n) is 11.6. The molecule has 7 nitrogen and oxygen atoms in total. The molecule has 0 bridgehead atoms. The fourth-order valence-corrected chi connectivity index (χ4v) is 4.81. The van der Waals surface area contributed by atoms with Crippen molar-refractivity contribution in [2.24, 2.45) is 5.92 Å². The summed E-state index contributed by atoms with van der Waals surface area (Å²) < 4.78 is 0. The lowest BCUT2D eigenvalue weighted by Crippen LogP contribution is -2.43. The van der Waals surface area contributed by atoms with Crippen molar-refractivity contribution in [3.63, 3.8) is 0 Å². The summed E-state index contributed by atoms with van der Waals surface area (Å²) in [5, 5.41) is 12.1. The van der Waals surface area contributed by atoms with Crippen molar-refractivity contribution < 1.29 is 4.79 Å². The Kier molecular flexibility index (Phi) is 7.19. The van der Waals surface area contributed by atoms with Gasteiger partial charge in [-0.05, 0) is 70.2 Å². The Balaban J connectivity index is 1.19. The second kappa shape index (κ2) is 10.2. The van der Waals surface area contributed by atoms with E-state index in [9.17, 15) is 4.79 Å². The third kappa shape index (κ3) is 5.59. The van der Waals surface area contributed by atoms with Crippen molar-refractivity contribution in [3.8, 4) is 0 Å². The largest absolute Gasteiger partial charge is 0.355 e. The molecule has 1 aromatic heterocycles. The molecule has 4 heterocycles. The maximum absolute atomic E-state index is 12.5. The van der Waals surface area contributed by atoms with Gasteiger partial charge in [-0.25, -0.2) is 0 Å².